The van der Waals surface area contributed by atoms with Crippen molar-refractivity contribution in [2.75, 3.05) is 20.8 Å². The molecule has 0 amide bonds. The summed E-state index contributed by atoms with van der Waals surface area (Å²) in [7, 11) is 5.14. The van der Waals surface area contributed by atoms with Crippen molar-refractivity contribution >= 4 is 34.3 Å². The molecular formula is C29H29N3O5S. The summed E-state index contributed by atoms with van der Waals surface area (Å²) in [6.07, 6.45) is 1.92. The number of allylic oxidation sites excluding steroid dienone is 1. The Bertz CT molecular complexity index is 1790. The first kappa shape index (κ1) is 25.5. The second-order valence-electron chi connectivity index (χ2n) is 8.99. The van der Waals surface area contributed by atoms with Gasteiger partial charge in [0.1, 0.15) is 17.5 Å². The molecule has 8 nitrogen and oxygen atoms in total. The Hall–Kier alpha value is -4.11. The lowest BCUT2D eigenvalue weighted by Crippen LogP contribution is -2.40. The molecule has 2 aromatic carbocycles. The van der Waals surface area contributed by atoms with Gasteiger partial charge in [-0.1, -0.05) is 29.5 Å². The fraction of sp³-hybridized carbons (Fsp3) is 0.276. The van der Waals surface area contributed by atoms with Crippen molar-refractivity contribution in [3.05, 3.63) is 90.2 Å². The van der Waals surface area contributed by atoms with E-state index in [2.05, 4.69) is 21.7 Å². The number of carbonyl (C=O) groups is 1. The van der Waals surface area contributed by atoms with Gasteiger partial charge in [0.15, 0.2) is 4.80 Å². The van der Waals surface area contributed by atoms with E-state index in [1.54, 1.807) is 50.8 Å². The zero-order chi connectivity index (χ0) is 27.1. The Morgan fingerprint density at radius 3 is 2.61 bits per heavy atom. The summed E-state index contributed by atoms with van der Waals surface area (Å²) in [5.74, 6) is 0.571. The molecule has 9 heteroatoms. The number of aryl methyl sites for hydroxylation is 1. The second-order valence-corrected chi connectivity index (χ2v) is 9.99. The lowest BCUT2D eigenvalue weighted by molar-refractivity contribution is -0.139. The van der Waals surface area contributed by atoms with Crippen molar-refractivity contribution in [2.24, 2.45) is 12.0 Å². The number of nitrogens with zero attached hydrogens (tertiary/aromatic N) is 3. The van der Waals surface area contributed by atoms with Crippen LogP contribution in [-0.4, -0.2) is 35.9 Å². The van der Waals surface area contributed by atoms with Crippen LogP contribution in [0.4, 0.5) is 0 Å². The standard InChI is InChI=1S/C29H29N3O5S/c1-7-37-28(34)25-16(2)30-29-32(26(25)21-14-18(35-5)12-13-23(21)36-6)27(33)24(38-29)15-20-17(3)31(4)22-11-9-8-10-19(20)22/h8-15,26H,7H2,1-6H3/b24-15-/t26-/m0/s1. The third-order valence-corrected chi connectivity index (χ3v) is 7.96. The minimum Gasteiger partial charge on any atom is -0.497 e. The molecule has 0 saturated carbocycles. The number of ether oxygens (including phenoxy) is 3. The van der Waals surface area contributed by atoms with Gasteiger partial charge in [0, 0.05) is 34.8 Å². The summed E-state index contributed by atoms with van der Waals surface area (Å²) in [4.78, 5) is 32.5. The van der Waals surface area contributed by atoms with E-state index >= 15 is 0 Å². The molecule has 38 heavy (non-hydrogen) atoms. The Kier molecular flexibility index (Phi) is 6.71. The SMILES string of the molecule is CCOC(=O)C1=C(C)N=c2s/c(=C\c3c(C)n(C)c4ccccc34)c(=O)n2[C@H]1c1cc(OC)ccc1OC. The topological polar surface area (TPSA) is 84.1 Å². The molecule has 0 unspecified atom stereocenters. The van der Waals surface area contributed by atoms with Crippen molar-refractivity contribution in [3.63, 3.8) is 0 Å². The smallest absolute Gasteiger partial charge is 0.338 e. The van der Waals surface area contributed by atoms with Crippen LogP contribution in [0.1, 0.15) is 36.7 Å². The van der Waals surface area contributed by atoms with Crippen molar-refractivity contribution in [1.82, 2.24) is 9.13 Å². The molecule has 0 N–H and O–H groups in total. The summed E-state index contributed by atoms with van der Waals surface area (Å²) < 4.78 is 20.7. The van der Waals surface area contributed by atoms with Crippen LogP contribution in [0.15, 0.2) is 63.5 Å². The van der Waals surface area contributed by atoms with Crippen LogP contribution in [0.25, 0.3) is 17.0 Å². The third-order valence-electron chi connectivity index (χ3n) is 6.97. The van der Waals surface area contributed by atoms with Crippen LogP contribution in [-0.2, 0) is 16.6 Å². The second kappa shape index (κ2) is 9.98. The first-order chi connectivity index (χ1) is 18.3. The molecule has 0 bridgehead atoms. The number of benzene rings is 2. The zero-order valence-electron chi connectivity index (χ0n) is 22.2. The van der Waals surface area contributed by atoms with Crippen molar-refractivity contribution in [3.8, 4) is 11.5 Å². The zero-order valence-corrected chi connectivity index (χ0v) is 23.0. The molecule has 0 spiro atoms. The lowest BCUT2D eigenvalue weighted by atomic mass is 9.94. The molecule has 0 aliphatic carbocycles. The molecular weight excluding hydrogens is 502 g/mol. The fourth-order valence-corrected chi connectivity index (χ4v) is 6.03. The Morgan fingerprint density at radius 1 is 1.13 bits per heavy atom. The van der Waals surface area contributed by atoms with E-state index < -0.39 is 12.0 Å². The number of hydrogen-bond donors (Lipinski definition) is 0. The maximum Gasteiger partial charge on any atom is 0.338 e. The van der Waals surface area contributed by atoms with Crippen LogP contribution in [0, 0.1) is 6.92 Å². The average molecular weight is 532 g/mol. The van der Waals surface area contributed by atoms with Gasteiger partial charge in [0.25, 0.3) is 5.56 Å². The summed E-state index contributed by atoms with van der Waals surface area (Å²) in [5.41, 5.74) is 4.26. The fourth-order valence-electron chi connectivity index (χ4n) is 5.00. The van der Waals surface area contributed by atoms with Gasteiger partial charge in [-0.05, 0) is 51.1 Å². The van der Waals surface area contributed by atoms with E-state index in [4.69, 9.17) is 14.2 Å². The quantitative estimate of drug-likeness (QED) is 0.355. The Morgan fingerprint density at radius 2 is 1.89 bits per heavy atom. The lowest BCUT2D eigenvalue weighted by Gasteiger charge is -2.26. The normalized spacial score (nSPS) is 15.4. The predicted octanol–water partition coefficient (Wildman–Crippen LogP) is 3.62. The predicted molar refractivity (Wildman–Crippen MR) is 148 cm³/mol. The van der Waals surface area contributed by atoms with Gasteiger partial charge in [-0.2, -0.15) is 0 Å². The van der Waals surface area contributed by atoms with Gasteiger partial charge in [0.2, 0.25) is 0 Å². The van der Waals surface area contributed by atoms with Gasteiger partial charge in [0.05, 0.1) is 36.6 Å². The van der Waals surface area contributed by atoms with Crippen LogP contribution < -0.4 is 24.4 Å². The van der Waals surface area contributed by atoms with E-state index in [0.29, 0.717) is 37.7 Å². The molecule has 2 aromatic heterocycles. The molecule has 4 aromatic rings. The highest BCUT2D eigenvalue weighted by Crippen LogP contribution is 2.38. The first-order valence-corrected chi connectivity index (χ1v) is 13.1. The number of esters is 1. The van der Waals surface area contributed by atoms with Gasteiger partial charge < -0.3 is 18.8 Å². The summed E-state index contributed by atoms with van der Waals surface area (Å²) >= 11 is 1.30. The van der Waals surface area contributed by atoms with Crippen molar-refractivity contribution in [1.29, 1.82) is 0 Å². The van der Waals surface area contributed by atoms with Crippen molar-refractivity contribution in [2.45, 2.75) is 26.8 Å². The van der Waals surface area contributed by atoms with E-state index in [9.17, 15) is 9.59 Å². The number of hydrogen-bond acceptors (Lipinski definition) is 7. The largest absolute Gasteiger partial charge is 0.497 e. The molecule has 3 heterocycles. The van der Waals surface area contributed by atoms with E-state index in [1.807, 2.05) is 32.2 Å². The molecule has 196 valence electrons. The van der Waals surface area contributed by atoms with Crippen LogP contribution in [0.5, 0.6) is 11.5 Å². The van der Waals surface area contributed by atoms with Gasteiger partial charge >= 0.3 is 5.97 Å². The molecule has 1 atom stereocenters. The number of fused-ring (bicyclic) bond motifs is 2. The summed E-state index contributed by atoms with van der Waals surface area (Å²) in [6.45, 7) is 5.74. The maximum atomic E-state index is 14.1. The maximum absolute atomic E-state index is 14.1. The molecule has 0 radical (unpaired) electrons. The van der Waals surface area contributed by atoms with Crippen LogP contribution in [0.2, 0.25) is 0 Å². The number of carbonyl (C=O) groups excluding carboxylic acids is 1. The van der Waals surface area contributed by atoms with Crippen LogP contribution >= 0.6 is 11.3 Å². The third kappa shape index (κ3) is 4.03. The first-order valence-electron chi connectivity index (χ1n) is 12.3. The molecule has 1 aliphatic heterocycles. The highest BCUT2D eigenvalue weighted by atomic mass is 32.1. The molecule has 0 fully saturated rings. The van der Waals surface area contributed by atoms with Gasteiger partial charge in [-0.15, -0.1) is 0 Å². The highest BCUT2D eigenvalue weighted by Gasteiger charge is 2.35. The number of rotatable bonds is 6. The number of para-hydroxylation sites is 1. The summed E-state index contributed by atoms with van der Waals surface area (Å²) in [6, 6.07) is 12.6. The number of thiazole rings is 1. The van der Waals surface area contributed by atoms with E-state index in [1.165, 1.54) is 11.3 Å². The Labute approximate surface area is 223 Å². The summed E-state index contributed by atoms with van der Waals surface area (Å²) in [5, 5.41) is 1.06. The van der Waals surface area contributed by atoms with Gasteiger partial charge in [-0.25, -0.2) is 9.79 Å². The molecule has 1 aliphatic rings. The highest BCUT2D eigenvalue weighted by molar-refractivity contribution is 7.07. The van der Waals surface area contributed by atoms with Crippen molar-refractivity contribution < 1.29 is 19.0 Å². The van der Waals surface area contributed by atoms with Crippen LogP contribution in [0.3, 0.4) is 0 Å². The van der Waals surface area contributed by atoms with Gasteiger partial charge in [-0.3, -0.25) is 9.36 Å². The number of methoxy groups -OCH3 is 2. The average Bonchev–Trinajstić information content (AvgIpc) is 3.35. The number of aromatic nitrogens is 2. The minimum absolute atomic E-state index is 0.197. The Balaban J connectivity index is 1.81. The minimum atomic E-state index is -0.800. The van der Waals surface area contributed by atoms with E-state index in [-0.39, 0.29) is 12.2 Å². The van der Waals surface area contributed by atoms with E-state index in [0.717, 1.165) is 22.2 Å². The molecule has 0 saturated heterocycles. The monoisotopic (exact) mass is 531 g/mol. The molecule has 5 rings (SSSR count).